The van der Waals surface area contributed by atoms with E-state index in [0.29, 0.717) is 22.9 Å². The molecule has 0 bridgehead atoms. The summed E-state index contributed by atoms with van der Waals surface area (Å²) in [7, 11) is 1.53. The molecule has 0 N–H and O–H groups in total. The summed E-state index contributed by atoms with van der Waals surface area (Å²) in [5.41, 5.74) is 1.10. The predicted octanol–water partition coefficient (Wildman–Crippen LogP) is 3.66. The van der Waals surface area contributed by atoms with E-state index in [2.05, 4.69) is 6.92 Å². The fourth-order valence-electron chi connectivity index (χ4n) is 4.47. The number of ketones is 1. The standard InChI is InChI=1S/C25H25NO6/c1-15-3-12-20-21(13-15)24(29)26(23(20)28)18-8-4-17(5-9-18)25(30)32-14-22(27)16-6-10-19(31-2)11-7-16/h4-11,15,20-21H,3,12-14H2,1-2H3/t15-,20+,21+/m0/s1. The van der Waals surface area contributed by atoms with Gasteiger partial charge in [0.05, 0.1) is 30.2 Å². The van der Waals surface area contributed by atoms with Crippen molar-refractivity contribution in [3.05, 3.63) is 59.7 Å². The number of nitrogens with zero attached hydrogens (tertiary/aromatic N) is 1. The summed E-state index contributed by atoms with van der Waals surface area (Å²) in [5.74, 6) is -0.734. The predicted molar refractivity (Wildman–Crippen MR) is 117 cm³/mol. The average molecular weight is 435 g/mol. The lowest BCUT2D eigenvalue weighted by molar-refractivity contribution is -0.122. The number of carbonyl (C=O) groups is 4. The number of Topliss-reactive ketones (excluding diaryl/α,β-unsaturated/α-hetero) is 1. The third-order valence-corrected chi connectivity index (χ3v) is 6.30. The van der Waals surface area contributed by atoms with Gasteiger partial charge < -0.3 is 9.47 Å². The molecule has 2 amide bonds. The fraction of sp³-hybridized carbons (Fsp3) is 0.360. The van der Waals surface area contributed by atoms with E-state index in [1.54, 1.807) is 36.4 Å². The van der Waals surface area contributed by atoms with Crippen LogP contribution in [-0.4, -0.2) is 37.3 Å². The molecule has 3 atom stereocenters. The average Bonchev–Trinajstić information content (AvgIpc) is 3.06. The first-order chi connectivity index (χ1) is 15.4. The summed E-state index contributed by atoms with van der Waals surface area (Å²) in [6, 6.07) is 12.7. The van der Waals surface area contributed by atoms with Crippen LogP contribution in [0.3, 0.4) is 0 Å². The number of esters is 1. The minimum absolute atomic E-state index is 0.160. The molecular formula is C25H25NO6. The number of anilines is 1. The Balaban J connectivity index is 1.39. The van der Waals surface area contributed by atoms with Crippen LogP contribution in [0.5, 0.6) is 5.75 Å². The molecule has 2 fully saturated rings. The van der Waals surface area contributed by atoms with Gasteiger partial charge in [-0.15, -0.1) is 0 Å². The van der Waals surface area contributed by atoms with Gasteiger partial charge in [0.1, 0.15) is 5.75 Å². The van der Waals surface area contributed by atoms with Gasteiger partial charge in [-0.05, 0) is 73.7 Å². The van der Waals surface area contributed by atoms with Gasteiger partial charge in [0.25, 0.3) is 0 Å². The zero-order chi connectivity index (χ0) is 22.8. The molecular weight excluding hydrogens is 410 g/mol. The van der Waals surface area contributed by atoms with Crippen LogP contribution >= 0.6 is 0 Å². The molecule has 1 saturated carbocycles. The van der Waals surface area contributed by atoms with E-state index in [4.69, 9.17) is 9.47 Å². The number of fused-ring (bicyclic) bond motifs is 1. The summed E-state index contributed by atoms with van der Waals surface area (Å²) in [6.45, 7) is 1.72. The van der Waals surface area contributed by atoms with E-state index < -0.39 is 12.6 Å². The second-order valence-corrected chi connectivity index (χ2v) is 8.42. The SMILES string of the molecule is COc1ccc(C(=O)COC(=O)c2ccc(N3C(=O)[C@@H]4CC[C@H](C)C[C@H]4C3=O)cc2)cc1. The molecule has 7 heteroatoms. The van der Waals surface area contributed by atoms with E-state index in [1.807, 2.05) is 0 Å². The minimum Gasteiger partial charge on any atom is -0.497 e. The third kappa shape index (κ3) is 4.15. The van der Waals surface area contributed by atoms with Crippen LogP contribution in [0.1, 0.15) is 46.9 Å². The van der Waals surface area contributed by atoms with E-state index in [1.165, 1.54) is 24.1 Å². The van der Waals surface area contributed by atoms with Crippen LogP contribution in [0.2, 0.25) is 0 Å². The zero-order valence-electron chi connectivity index (χ0n) is 18.1. The van der Waals surface area contributed by atoms with Gasteiger partial charge in [-0.25, -0.2) is 4.79 Å². The number of imide groups is 1. The van der Waals surface area contributed by atoms with E-state index in [9.17, 15) is 19.2 Å². The van der Waals surface area contributed by atoms with E-state index in [0.717, 1.165) is 19.3 Å². The van der Waals surface area contributed by atoms with E-state index in [-0.39, 0.29) is 35.0 Å². The molecule has 0 unspecified atom stereocenters. The lowest BCUT2D eigenvalue weighted by Gasteiger charge is -2.25. The lowest BCUT2D eigenvalue weighted by atomic mass is 9.76. The van der Waals surface area contributed by atoms with Crippen molar-refractivity contribution in [2.24, 2.45) is 17.8 Å². The van der Waals surface area contributed by atoms with Gasteiger partial charge in [-0.3, -0.25) is 19.3 Å². The molecule has 2 aliphatic rings. The molecule has 2 aromatic carbocycles. The molecule has 4 rings (SSSR count). The van der Waals surface area contributed by atoms with E-state index >= 15 is 0 Å². The molecule has 32 heavy (non-hydrogen) atoms. The summed E-state index contributed by atoms with van der Waals surface area (Å²) in [5, 5.41) is 0. The molecule has 1 aliphatic carbocycles. The van der Waals surface area contributed by atoms with Gasteiger partial charge in [-0.2, -0.15) is 0 Å². The number of benzene rings is 2. The number of hydrogen-bond acceptors (Lipinski definition) is 6. The van der Waals surface area contributed by atoms with Crippen LogP contribution in [0.4, 0.5) is 5.69 Å². The fourth-order valence-corrected chi connectivity index (χ4v) is 4.47. The normalized spacial score (nSPS) is 22.4. The van der Waals surface area contributed by atoms with Crippen LogP contribution in [0.15, 0.2) is 48.5 Å². The van der Waals surface area contributed by atoms with Crippen molar-refractivity contribution >= 4 is 29.3 Å². The summed E-state index contributed by atoms with van der Waals surface area (Å²) >= 11 is 0. The minimum atomic E-state index is -0.653. The maximum Gasteiger partial charge on any atom is 0.338 e. The van der Waals surface area contributed by atoms with Gasteiger partial charge in [0.15, 0.2) is 12.4 Å². The van der Waals surface area contributed by atoms with Crippen LogP contribution in [-0.2, 0) is 14.3 Å². The van der Waals surface area contributed by atoms with Crippen molar-refractivity contribution in [1.29, 1.82) is 0 Å². The number of methoxy groups -OCH3 is 1. The Morgan fingerprint density at radius 1 is 0.906 bits per heavy atom. The van der Waals surface area contributed by atoms with Gasteiger partial charge in [-0.1, -0.05) is 6.92 Å². The highest BCUT2D eigenvalue weighted by Crippen LogP contribution is 2.42. The Morgan fingerprint density at radius 3 is 2.19 bits per heavy atom. The molecule has 0 spiro atoms. The highest BCUT2D eigenvalue weighted by atomic mass is 16.5. The van der Waals surface area contributed by atoms with Crippen molar-refractivity contribution < 1.29 is 28.7 Å². The zero-order valence-corrected chi connectivity index (χ0v) is 18.1. The van der Waals surface area contributed by atoms with Gasteiger partial charge in [0, 0.05) is 5.56 Å². The summed E-state index contributed by atoms with van der Waals surface area (Å²) < 4.78 is 10.2. The third-order valence-electron chi connectivity index (χ3n) is 6.30. The highest BCUT2D eigenvalue weighted by Gasteiger charge is 2.49. The molecule has 7 nitrogen and oxygen atoms in total. The van der Waals surface area contributed by atoms with Crippen molar-refractivity contribution in [3.63, 3.8) is 0 Å². The smallest absolute Gasteiger partial charge is 0.338 e. The Kier molecular flexibility index (Phi) is 6.08. The molecule has 0 aromatic heterocycles. The first-order valence-electron chi connectivity index (χ1n) is 10.7. The first kappa shape index (κ1) is 21.7. The first-order valence-corrected chi connectivity index (χ1v) is 10.7. The summed E-state index contributed by atoms with van der Waals surface area (Å²) in [6.07, 6.45) is 2.42. The van der Waals surface area contributed by atoms with Crippen molar-refractivity contribution in [3.8, 4) is 5.75 Å². The second kappa shape index (κ2) is 8.94. The monoisotopic (exact) mass is 435 g/mol. The maximum atomic E-state index is 12.8. The number of amides is 2. The molecule has 2 aromatic rings. The van der Waals surface area contributed by atoms with Crippen LogP contribution in [0, 0.1) is 17.8 Å². The summed E-state index contributed by atoms with van der Waals surface area (Å²) in [4.78, 5) is 51.4. The Bertz CT molecular complexity index is 1040. The molecule has 1 heterocycles. The van der Waals surface area contributed by atoms with Crippen molar-refractivity contribution in [1.82, 2.24) is 0 Å². The lowest BCUT2D eigenvalue weighted by Crippen LogP contribution is -2.30. The van der Waals surface area contributed by atoms with Crippen molar-refractivity contribution in [2.45, 2.75) is 26.2 Å². The Hall–Kier alpha value is -3.48. The number of carbonyl (C=O) groups excluding carboxylic acids is 4. The number of hydrogen-bond donors (Lipinski definition) is 0. The Morgan fingerprint density at radius 2 is 1.53 bits per heavy atom. The number of ether oxygens (including phenoxy) is 2. The molecule has 1 aliphatic heterocycles. The Labute approximate surface area is 186 Å². The maximum absolute atomic E-state index is 12.8. The largest absolute Gasteiger partial charge is 0.497 e. The number of rotatable bonds is 6. The molecule has 0 radical (unpaired) electrons. The van der Waals surface area contributed by atoms with Gasteiger partial charge >= 0.3 is 5.97 Å². The molecule has 166 valence electrons. The van der Waals surface area contributed by atoms with Crippen molar-refractivity contribution in [2.75, 3.05) is 18.6 Å². The quantitative estimate of drug-likeness (QED) is 0.391. The highest BCUT2D eigenvalue weighted by molar-refractivity contribution is 6.22. The topological polar surface area (TPSA) is 90.0 Å². The molecule has 1 saturated heterocycles. The van der Waals surface area contributed by atoms with Crippen LogP contribution < -0.4 is 9.64 Å². The van der Waals surface area contributed by atoms with Gasteiger partial charge in [0.2, 0.25) is 11.8 Å². The van der Waals surface area contributed by atoms with Crippen LogP contribution in [0.25, 0.3) is 0 Å². The second-order valence-electron chi connectivity index (χ2n) is 8.42.